The molecule has 122 valence electrons. The number of likely N-dealkylation sites (tertiary alicyclic amines) is 1. The molecular weight excluding hydrogens is 270 g/mol. The second-order valence-electron chi connectivity index (χ2n) is 6.21. The largest absolute Gasteiger partial charge is 0.481 e. The van der Waals surface area contributed by atoms with E-state index in [1.165, 1.54) is 0 Å². The Morgan fingerprint density at radius 2 is 2.10 bits per heavy atom. The number of amides is 2. The van der Waals surface area contributed by atoms with Crippen LogP contribution >= 0.6 is 0 Å². The van der Waals surface area contributed by atoms with Crippen LogP contribution in [0.2, 0.25) is 0 Å². The highest BCUT2D eigenvalue weighted by molar-refractivity contribution is 5.74. The van der Waals surface area contributed by atoms with Gasteiger partial charge in [0, 0.05) is 32.1 Å². The fraction of sp³-hybridized carbons (Fsp3) is 0.867. The van der Waals surface area contributed by atoms with Crippen molar-refractivity contribution in [2.75, 3.05) is 33.2 Å². The van der Waals surface area contributed by atoms with Crippen LogP contribution in [-0.2, 0) is 4.79 Å². The number of urea groups is 1. The van der Waals surface area contributed by atoms with Crippen LogP contribution in [0.4, 0.5) is 4.79 Å². The number of nitrogens with one attached hydrogen (secondary N) is 1. The first-order valence-corrected chi connectivity index (χ1v) is 7.85. The first-order valence-electron chi connectivity index (χ1n) is 7.85. The minimum atomic E-state index is -0.781. The molecule has 2 N–H and O–H groups in total. The van der Waals surface area contributed by atoms with Crippen LogP contribution in [-0.4, -0.2) is 66.2 Å². The third-order valence-corrected chi connectivity index (χ3v) is 4.13. The number of carboxylic acids is 1. The van der Waals surface area contributed by atoms with Crippen LogP contribution in [0, 0.1) is 5.92 Å². The summed E-state index contributed by atoms with van der Waals surface area (Å²) >= 11 is 0. The van der Waals surface area contributed by atoms with E-state index in [-0.39, 0.29) is 18.4 Å². The Bertz CT molecular complexity index is 347. The number of unbranched alkanes of at least 4 members (excludes halogenated alkanes) is 1. The molecule has 6 nitrogen and oxygen atoms in total. The highest BCUT2D eigenvalue weighted by Crippen LogP contribution is 2.19. The van der Waals surface area contributed by atoms with Gasteiger partial charge < -0.3 is 20.2 Å². The van der Waals surface area contributed by atoms with Gasteiger partial charge in [0.15, 0.2) is 0 Å². The van der Waals surface area contributed by atoms with Crippen molar-refractivity contribution >= 4 is 12.0 Å². The van der Waals surface area contributed by atoms with E-state index in [1.54, 1.807) is 4.90 Å². The van der Waals surface area contributed by atoms with Crippen molar-refractivity contribution < 1.29 is 14.7 Å². The van der Waals surface area contributed by atoms with E-state index in [1.807, 2.05) is 0 Å². The first kappa shape index (κ1) is 17.8. The normalized spacial score (nSPS) is 18.5. The lowest BCUT2D eigenvalue weighted by atomic mass is 10.1. The molecule has 1 unspecified atom stereocenters. The molecule has 1 atom stereocenters. The zero-order valence-corrected chi connectivity index (χ0v) is 13.5. The van der Waals surface area contributed by atoms with Gasteiger partial charge >= 0.3 is 12.0 Å². The van der Waals surface area contributed by atoms with Crippen LogP contribution in [0.5, 0.6) is 0 Å². The number of aliphatic carboxylic acids is 1. The lowest BCUT2D eigenvalue weighted by Crippen LogP contribution is -2.39. The molecule has 1 rings (SSSR count). The Balaban J connectivity index is 2.10. The Labute approximate surface area is 127 Å². The molecule has 21 heavy (non-hydrogen) atoms. The van der Waals surface area contributed by atoms with E-state index >= 15 is 0 Å². The standard InChI is InChI=1S/C15H29N3O3/c1-12(2)17(3)8-5-4-7-16-15(21)18-9-6-13(11-18)10-14(19)20/h12-13H,4-11H2,1-3H3,(H,16,21)(H,19,20). The second kappa shape index (κ2) is 8.87. The molecule has 6 heteroatoms. The number of nitrogens with zero attached hydrogens (tertiary/aromatic N) is 2. The quantitative estimate of drug-likeness (QED) is 0.668. The van der Waals surface area contributed by atoms with Crippen molar-refractivity contribution in [3.05, 3.63) is 0 Å². The Morgan fingerprint density at radius 1 is 1.38 bits per heavy atom. The number of hydrogen-bond acceptors (Lipinski definition) is 3. The molecule has 1 heterocycles. The highest BCUT2D eigenvalue weighted by atomic mass is 16.4. The van der Waals surface area contributed by atoms with Gasteiger partial charge in [0.25, 0.3) is 0 Å². The number of carbonyl (C=O) groups is 2. The summed E-state index contributed by atoms with van der Waals surface area (Å²) in [6, 6.07) is 0.496. The third kappa shape index (κ3) is 6.80. The fourth-order valence-electron chi connectivity index (χ4n) is 2.48. The second-order valence-corrected chi connectivity index (χ2v) is 6.21. The van der Waals surface area contributed by atoms with Crippen molar-refractivity contribution in [1.29, 1.82) is 0 Å². The summed E-state index contributed by atoms with van der Waals surface area (Å²) in [4.78, 5) is 26.6. The Hall–Kier alpha value is -1.30. The van der Waals surface area contributed by atoms with Gasteiger partial charge in [0.2, 0.25) is 0 Å². The molecule has 0 aromatic carbocycles. The van der Waals surface area contributed by atoms with Gasteiger partial charge in [-0.1, -0.05) is 0 Å². The number of carboxylic acid groups (broad SMARTS) is 1. The van der Waals surface area contributed by atoms with Crippen molar-refractivity contribution in [3.63, 3.8) is 0 Å². The smallest absolute Gasteiger partial charge is 0.317 e. The average molecular weight is 299 g/mol. The topological polar surface area (TPSA) is 72.9 Å². The number of rotatable bonds is 8. The Kier molecular flexibility index (Phi) is 7.50. The van der Waals surface area contributed by atoms with Crippen LogP contribution in [0.1, 0.15) is 39.5 Å². The van der Waals surface area contributed by atoms with Crippen LogP contribution in [0.25, 0.3) is 0 Å². The molecule has 0 radical (unpaired) electrons. The highest BCUT2D eigenvalue weighted by Gasteiger charge is 2.27. The molecule has 0 saturated carbocycles. The monoisotopic (exact) mass is 299 g/mol. The SMILES string of the molecule is CC(C)N(C)CCCCNC(=O)N1CCC(CC(=O)O)C1. The lowest BCUT2D eigenvalue weighted by Gasteiger charge is -2.21. The van der Waals surface area contributed by atoms with Crippen molar-refractivity contribution in [2.24, 2.45) is 5.92 Å². The van der Waals surface area contributed by atoms with Crippen molar-refractivity contribution in [1.82, 2.24) is 15.1 Å². The molecule has 2 amide bonds. The lowest BCUT2D eigenvalue weighted by molar-refractivity contribution is -0.138. The third-order valence-electron chi connectivity index (χ3n) is 4.13. The van der Waals surface area contributed by atoms with E-state index in [0.29, 0.717) is 25.7 Å². The number of carbonyl (C=O) groups excluding carboxylic acids is 1. The van der Waals surface area contributed by atoms with Gasteiger partial charge in [-0.25, -0.2) is 4.79 Å². The summed E-state index contributed by atoms with van der Waals surface area (Å²) in [5.74, 6) is -0.676. The van der Waals surface area contributed by atoms with Gasteiger partial charge in [-0.2, -0.15) is 0 Å². The summed E-state index contributed by atoms with van der Waals surface area (Å²) in [7, 11) is 2.11. The van der Waals surface area contributed by atoms with E-state index in [9.17, 15) is 9.59 Å². The summed E-state index contributed by atoms with van der Waals surface area (Å²) < 4.78 is 0. The number of hydrogen-bond donors (Lipinski definition) is 2. The van der Waals surface area contributed by atoms with Gasteiger partial charge in [0.1, 0.15) is 0 Å². The molecule has 0 aliphatic carbocycles. The maximum absolute atomic E-state index is 11.9. The van der Waals surface area contributed by atoms with Gasteiger partial charge in [-0.05, 0) is 52.6 Å². The van der Waals surface area contributed by atoms with Gasteiger partial charge in [-0.15, -0.1) is 0 Å². The van der Waals surface area contributed by atoms with E-state index in [0.717, 1.165) is 25.8 Å². The van der Waals surface area contributed by atoms with Gasteiger partial charge in [0.05, 0.1) is 0 Å². The van der Waals surface area contributed by atoms with Crippen LogP contribution in [0.3, 0.4) is 0 Å². The first-order chi connectivity index (χ1) is 9.90. The summed E-state index contributed by atoms with van der Waals surface area (Å²) in [6.45, 7) is 7.29. The molecule has 1 fully saturated rings. The fourth-order valence-corrected chi connectivity index (χ4v) is 2.48. The average Bonchev–Trinajstić information content (AvgIpc) is 2.85. The molecule has 0 spiro atoms. The van der Waals surface area contributed by atoms with E-state index in [2.05, 4.69) is 31.1 Å². The minimum Gasteiger partial charge on any atom is -0.481 e. The Morgan fingerprint density at radius 3 is 2.71 bits per heavy atom. The maximum atomic E-state index is 11.9. The predicted molar refractivity (Wildman–Crippen MR) is 82.3 cm³/mol. The summed E-state index contributed by atoms with van der Waals surface area (Å²) in [5.41, 5.74) is 0. The molecular formula is C15H29N3O3. The summed E-state index contributed by atoms with van der Waals surface area (Å²) in [6.07, 6.45) is 2.98. The van der Waals surface area contributed by atoms with Crippen molar-refractivity contribution in [2.45, 2.75) is 45.6 Å². The predicted octanol–water partition coefficient (Wildman–Crippen LogP) is 1.61. The molecule has 1 aliphatic heterocycles. The van der Waals surface area contributed by atoms with Crippen molar-refractivity contribution in [3.8, 4) is 0 Å². The van der Waals surface area contributed by atoms with Gasteiger partial charge in [-0.3, -0.25) is 4.79 Å². The summed E-state index contributed by atoms with van der Waals surface area (Å²) in [5, 5.41) is 11.7. The zero-order valence-electron chi connectivity index (χ0n) is 13.5. The molecule has 1 aliphatic rings. The van der Waals surface area contributed by atoms with Crippen LogP contribution in [0.15, 0.2) is 0 Å². The molecule has 0 aromatic rings. The maximum Gasteiger partial charge on any atom is 0.317 e. The molecule has 0 bridgehead atoms. The molecule has 0 aromatic heterocycles. The van der Waals surface area contributed by atoms with E-state index in [4.69, 9.17) is 5.11 Å². The van der Waals surface area contributed by atoms with E-state index < -0.39 is 5.97 Å². The minimum absolute atomic E-state index is 0.0555. The molecule has 1 saturated heterocycles. The van der Waals surface area contributed by atoms with Crippen LogP contribution < -0.4 is 5.32 Å². The zero-order chi connectivity index (χ0) is 15.8.